The molecule has 30 heavy (non-hydrogen) atoms. The van der Waals surface area contributed by atoms with E-state index in [2.05, 4.69) is 20.3 Å². The third kappa shape index (κ3) is 3.92. The highest BCUT2D eigenvalue weighted by molar-refractivity contribution is 5.70. The van der Waals surface area contributed by atoms with Crippen molar-refractivity contribution < 1.29 is 21.2 Å². The lowest BCUT2D eigenvalue weighted by atomic mass is 10.0. The maximum absolute atomic E-state index is 9.54. The number of nitrogens with one attached hydrogen (secondary N) is 1. The summed E-state index contributed by atoms with van der Waals surface area (Å²) in [6, 6.07) is 9.75. The number of rotatable bonds is 7. The zero-order valence-electron chi connectivity index (χ0n) is 21.6. The smallest absolute Gasteiger partial charge is 0.256 e. The Hall–Kier alpha value is -3.21. The fourth-order valence-corrected chi connectivity index (χ4v) is 3.63. The van der Waals surface area contributed by atoms with Gasteiger partial charge in [0.25, 0.3) is 5.89 Å². The molecule has 1 aliphatic rings. The van der Waals surface area contributed by atoms with Gasteiger partial charge in [0.05, 0.1) is 23.3 Å². The fraction of sp³-hybridized carbons (Fsp3) is 0.348. The minimum absolute atomic E-state index is 0.205. The molecule has 0 unspecified atom stereocenters. The van der Waals surface area contributed by atoms with Gasteiger partial charge in [-0.3, -0.25) is 0 Å². The monoisotopic (exact) mass is 409 g/mol. The number of aliphatic hydroxyl groups is 1. The van der Waals surface area contributed by atoms with E-state index in [1.54, 1.807) is 38.1 Å². The Morgan fingerprint density at radius 3 is 3.07 bits per heavy atom. The second kappa shape index (κ2) is 8.66. The largest absolute Gasteiger partial charge is 0.502 e. The molecule has 0 fully saturated rings. The summed E-state index contributed by atoms with van der Waals surface area (Å²) in [5.41, 5.74) is 3.10. The molecule has 154 valence electrons. The predicted octanol–water partition coefficient (Wildman–Crippen LogP) is 4.31. The molecule has 0 saturated carbocycles. The van der Waals surface area contributed by atoms with Gasteiger partial charge < -0.3 is 19.7 Å². The van der Waals surface area contributed by atoms with Gasteiger partial charge in [-0.2, -0.15) is 4.98 Å². The van der Waals surface area contributed by atoms with E-state index in [9.17, 15) is 5.11 Å². The highest BCUT2D eigenvalue weighted by atomic mass is 16.5. The number of ether oxygens (including phenoxy) is 1. The number of hydrogen-bond donors (Lipinski definition) is 2. The summed E-state index contributed by atoms with van der Waals surface area (Å²) in [6.45, 7) is 4.91. The third-order valence-corrected chi connectivity index (χ3v) is 4.88. The molecule has 0 radical (unpaired) electrons. The molecule has 1 aliphatic carbocycles. The molecule has 0 aliphatic heterocycles. The normalized spacial score (nSPS) is 19.0. The number of fused-ring (bicyclic) bond motifs is 1. The summed E-state index contributed by atoms with van der Waals surface area (Å²) in [5, 5.41) is 16.2. The molecule has 0 spiro atoms. The van der Waals surface area contributed by atoms with E-state index < -0.39 is 25.2 Å². The van der Waals surface area contributed by atoms with Crippen molar-refractivity contribution in [2.24, 2.45) is 0 Å². The lowest BCUT2D eigenvalue weighted by Gasteiger charge is -2.13. The molecule has 7 heteroatoms. The maximum Gasteiger partial charge on any atom is 0.256 e. The van der Waals surface area contributed by atoms with Crippen LogP contribution in [0.1, 0.15) is 44.3 Å². The van der Waals surface area contributed by atoms with E-state index in [0.29, 0.717) is 29.8 Å². The Bertz CT molecular complexity index is 1290. The zero-order chi connectivity index (χ0) is 25.6. The standard InChI is InChI=1S/C23H24N4O3/c1-14(2)29-21-10-7-15(13-20(21)24-3)23-26-22(27-30-23)18-6-4-5-17-16(18)8-9-19(17)25-11-12-28/h4-7,10,13-14,19,25,28H,8-9,11-12H2,1-2H3/t19-/m0/s1/i11D2,12D2,14D. The molecule has 1 aromatic heterocycles. The molecule has 4 rings (SSSR count). The van der Waals surface area contributed by atoms with Crippen LogP contribution in [0.4, 0.5) is 5.69 Å². The minimum Gasteiger partial charge on any atom is -0.502 e. The molecule has 0 saturated heterocycles. The Kier molecular flexibility index (Phi) is 4.25. The number of hydrogen-bond acceptors (Lipinski definition) is 6. The first kappa shape index (κ1) is 14.7. The first-order chi connectivity index (χ1) is 16.3. The van der Waals surface area contributed by atoms with Crippen LogP contribution >= 0.6 is 0 Å². The van der Waals surface area contributed by atoms with Crippen molar-refractivity contribution in [2.75, 3.05) is 13.1 Å². The van der Waals surface area contributed by atoms with Gasteiger partial charge in [-0.1, -0.05) is 23.4 Å². The maximum atomic E-state index is 9.54. The van der Waals surface area contributed by atoms with Crippen LogP contribution in [0.15, 0.2) is 40.9 Å². The third-order valence-electron chi connectivity index (χ3n) is 4.88. The summed E-state index contributed by atoms with van der Waals surface area (Å²) >= 11 is 0. The molecule has 7 nitrogen and oxygen atoms in total. The SMILES string of the molecule is [2H]C(C)(C)Oc1ccc(-c2nc(-c3cccc4c3CC[C@@H]4NC([2H])([2H])C([2H])([2H])O)no2)cc1[N+]#[C-]. The Morgan fingerprint density at radius 2 is 2.30 bits per heavy atom. The van der Waals surface area contributed by atoms with Gasteiger partial charge in [0.1, 0.15) is 5.75 Å². The van der Waals surface area contributed by atoms with E-state index in [0.717, 1.165) is 11.1 Å². The van der Waals surface area contributed by atoms with Crippen molar-refractivity contribution in [1.29, 1.82) is 0 Å². The Balaban J connectivity index is 1.62. The van der Waals surface area contributed by atoms with Gasteiger partial charge >= 0.3 is 0 Å². The van der Waals surface area contributed by atoms with Crippen LogP contribution in [-0.4, -0.2) is 34.4 Å². The van der Waals surface area contributed by atoms with Crippen LogP contribution in [0.25, 0.3) is 27.7 Å². The summed E-state index contributed by atoms with van der Waals surface area (Å²) in [6.07, 6.45) is -0.109. The van der Waals surface area contributed by atoms with Gasteiger partial charge in [-0.05, 0) is 56.0 Å². The first-order valence-electron chi connectivity index (χ1n) is 12.0. The van der Waals surface area contributed by atoms with Crippen LogP contribution in [0.5, 0.6) is 5.75 Å². The molecule has 1 atom stereocenters. The summed E-state index contributed by atoms with van der Waals surface area (Å²) in [5.74, 6) is 0.821. The molecule has 3 aromatic rings. The van der Waals surface area contributed by atoms with Crippen LogP contribution < -0.4 is 10.1 Å². The predicted molar refractivity (Wildman–Crippen MR) is 113 cm³/mol. The van der Waals surface area contributed by atoms with Gasteiger partial charge in [0.2, 0.25) is 11.5 Å². The van der Waals surface area contributed by atoms with Crippen molar-refractivity contribution in [1.82, 2.24) is 15.5 Å². The summed E-state index contributed by atoms with van der Waals surface area (Å²) in [4.78, 5) is 7.97. The molecule has 0 amide bonds. The molecule has 0 bridgehead atoms. The number of benzene rings is 2. The van der Waals surface area contributed by atoms with Crippen LogP contribution in [-0.2, 0) is 6.42 Å². The quantitative estimate of drug-likeness (QED) is 0.566. The van der Waals surface area contributed by atoms with E-state index >= 15 is 0 Å². The molecular weight excluding hydrogens is 380 g/mol. The van der Waals surface area contributed by atoms with Crippen LogP contribution in [0.3, 0.4) is 0 Å². The van der Waals surface area contributed by atoms with Crippen LogP contribution in [0.2, 0.25) is 0 Å². The van der Waals surface area contributed by atoms with Gasteiger partial charge in [-0.15, -0.1) is 0 Å². The van der Waals surface area contributed by atoms with Crippen molar-refractivity contribution in [3.05, 3.63) is 58.9 Å². The average molecular weight is 410 g/mol. The lowest BCUT2D eigenvalue weighted by Crippen LogP contribution is -2.22. The van der Waals surface area contributed by atoms with E-state index in [1.807, 2.05) is 12.1 Å². The van der Waals surface area contributed by atoms with E-state index in [1.165, 1.54) is 0 Å². The van der Waals surface area contributed by atoms with Gasteiger partial charge in [0.15, 0.2) is 0 Å². The molecule has 2 N–H and O–H groups in total. The zero-order valence-corrected chi connectivity index (χ0v) is 16.6. The number of nitrogens with zero attached hydrogens (tertiary/aromatic N) is 3. The fourth-order valence-electron chi connectivity index (χ4n) is 3.63. The molecular formula is C23H24N4O3. The van der Waals surface area contributed by atoms with Gasteiger partial charge in [0, 0.05) is 26.4 Å². The average Bonchev–Trinajstić information content (AvgIpc) is 3.40. The van der Waals surface area contributed by atoms with Crippen molar-refractivity contribution in [3.8, 4) is 28.6 Å². The molecule has 2 aromatic carbocycles. The topological polar surface area (TPSA) is 84.8 Å². The van der Waals surface area contributed by atoms with Crippen molar-refractivity contribution in [2.45, 2.75) is 38.8 Å². The highest BCUT2D eigenvalue weighted by Crippen LogP contribution is 2.38. The highest BCUT2D eigenvalue weighted by Gasteiger charge is 2.26. The summed E-state index contributed by atoms with van der Waals surface area (Å²) < 4.78 is 49.3. The molecule has 1 heterocycles. The lowest BCUT2D eigenvalue weighted by molar-refractivity contribution is 0.244. The Labute approximate surface area is 182 Å². The van der Waals surface area contributed by atoms with Crippen molar-refractivity contribution in [3.63, 3.8) is 0 Å². The van der Waals surface area contributed by atoms with Crippen LogP contribution in [0, 0.1) is 6.57 Å². The van der Waals surface area contributed by atoms with Gasteiger partial charge in [-0.25, -0.2) is 4.85 Å². The van der Waals surface area contributed by atoms with E-state index in [4.69, 9.17) is 22.7 Å². The van der Waals surface area contributed by atoms with Crippen molar-refractivity contribution >= 4 is 5.69 Å². The minimum atomic E-state index is -3.04. The second-order valence-electron chi connectivity index (χ2n) is 7.07. The van der Waals surface area contributed by atoms with E-state index in [-0.39, 0.29) is 17.3 Å². The Morgan fingerprint density at radius 1 is 1.43 bits per heavy atom. The summed E-state index contributed by atoms with van der Waals surface area (Å²) in [7, 11) is 0. The second-order valence-corrected chi connectivity index (χ2v) is 7.07. The number of aromatic nitrogens is 2. The first-order valence-corrected chi connectivity index (χ1v) is 9.46.